The molecule has 1 N–H and O–H groups in total. The number of hydrogen-bond acceptors (Lipinski definition) is 4. The fraction of sp³-hybridized carbons (Fsp3) is 0.182. The van der Waals surface area contributed by atoms with E-state index in [-0.39, 0.29) is 11.7 Å². The normalized spacial score (nSPS) is 10.3. The summed E-state index contributed by atoms with van der Waals surface area (Å²) in [4.78, 5) is 19.9. The largest absolute Gasteiger partial charge is 0.436 e. The van der Waals surface area contributed by atoms with E-state index in [1.165, 1.54) is 0 Å². The van der Waals surface area contributed by atoms with E-state index in [0.29, 0.717) is 21.9 Å². The first kappa shape index (κ1) is 11.8. The average Bonchev–Trinajstić information content (AvgIpc) is 2.61. The fourth-order valence-electron chi connectivity index (χ4n) is 1.38. The molecule has 0 unspecified atom stereocenters. The molecule has 17 heavy (non-hydrogen) atoms. The SMILES string of the molecule is Cc1nc(C)c(C(=O)Nc2ccc(Br)nc2)o1. The van der Waals surface area contributed by atoms with Crippen LogP contribution in [0.3, 0.4) is 0 Å². The number of carbonyl (C=O) groups excluding carboxylic acids is 1. The molecule has 0 radical (unpaired) electrons. The maximum atomic E-state index is 11.8. The molecule has 0 aliphatic rings. The highest BCUT2D eigenvalue weighted by Crippen LogP contribution is 2.14. The molecule has 0 spiro atoms. The van der Waals surface area contributed by atoms with Crippen LogP contribution in [0.25, 0.3) is 0 Å². The molecular weight excluding hydrogens is 286 g/mol. The van der Waals surface area contributed by atoms with Crippen molar-refractivity contribution in [2.75, 3.05) is 5.32 Å². The Hall–Kier alpha value is -1.69. The van der Waals surface area contributed by atoms with Crippen LogP contribution in [0.15, 0.2) is 27.3 Å². The van der Waals surface area contributed by atoms with Gasteiger partial charge in [-0.2, -0.15) is 0 Å². The van der Waals surface area contributed by atoms with Gasteiger partial charge in [-0.3, -0.25) is 4.79 Å². The van der Waals surface area contributed by atoms with E-state index in [1.54, 1.807) is 32.2 Å². The van der Waals surface area contributed by atoms with Crippen LogP contribution in [0.5, 0.6) is 0 Å². The Balaban J connectivity index is 2.17. The number of nitrogens with zero attached hydrogens (tertiary/aromatic N) is 2. The second kappa shape index (κ2) is 4.67. The van der Waals surface area contributed by atoms with Gasteiger partial charge in [-0.15, -0.1) is 0 Å². The van der Waals surface area contributed by atoms with Crippen molar-refractivity contribution in [1.82, 2.24) is 9.97 Å². The van der Waals surface area contributed by atoms with E-state index in [4.69, 9.17) is 4.42 Å². The molecule has 0 aliphatic carbocycles. The Morgan fingerprint density at radius 1 is 1.41 bits per heavy atom. The van der Waals surface area contributed by atoms with Crippen molar-refractivity contribution in [3.63, 3.8) is 0 Å². The van der Waals surface area contributed by atoms with Gasteiger partial charge in [0.25, 0.3) is 5.91 Å². The van der Waals surface area contributed by atoms with Crippen molar-refractivity contribution in [3.8, 4) is 0 Å². The van der Waals surface area contributed by atoms with Gasteiger partial charge in [-0.1, -0.05) is 0 Å². The molecule has 2 rings (SSSR count). The minimum atomic E-state index is -0.327. The first-order valence-corrected chi connectivity index (χ1v) is 5.72. The van der Waals surface area contributed by atoms with E-state index >= 15 is 0 Å². The van der Waals surface area contributed by atoms with E-state index in [0.717, 1.165) is 0 Å². The number of aromatic nitrogens is 2. The standard InChI is InChI=1S/C11H10BrN3O2/c1-6-10(17-7(2)14-6)11(16)15-8-3-4-9(12)13-5-8/h3-5H,1-2H3,(H,15,16). The first-order valence-electron chi connectivity index (χ1n) is 4.93. The zero-order valence-electron chi connectivity index (χ0n) is 9.32. The number of rotatable bonds is 2. The Labute approximate surface area is 106 Å². The van der Waals surface area contributed by atoms with Gasteiger partial charge in [0.2, 0.25) is 5.76 Å². The van der Waals surface area contributed by atoms with Crippen molar-refractivity contribution in [2.24, 2.45) is 0 Å². The van der Waals surface area contributed by atoms with E-state index in [1.807, 2.05) is 0 Å². The number of carbonyl (C=O) groups is 1. The predicted octanol–water partition coefficient (Wildman–Crippen LogP) is 2.70. The molecule has 0 aromatic carbocycles. The third-order valence-electron chi connectivity index (χ3n) is 2.10. The van der Waals surface area contributed by atoms with Gasteiger partial charge in [0.1, 0.15) is 4.60 Å². The topological polar surface area (TPSA) is 68.0 Å². The molecule has 6 heteroatoms. The fourth-order valence-corrected chi connectivity index (χ4v) is 1.61. The zero-order chi connectivity index (χ0) is 12.4. The maximum Gasteiger partial charge on any atom is 0.293 e. The maximum absolute atomic E-state index is 11.8. The molecular formula is C11H10BrN3O2. The van der Waals surface area contributed by atoms with Crippen LogP contribution in [0.2, 0.25) is 0 Å². The van der Waals surface area contributed by atoms with Crippen LogP contribution >= 0.6 is 15.9 Å². The van der Waals surface area contributed by atoms with Crippen LogP contribution < -0.4 is 5.32 Å². The summed E-state index contributed by atoms with van der Waals surface area (Å²) >= 11 is 3.22. The number of hydrogen-bond donors (Lipinski definition) is 1. The summed E-state index contributed by atoms with van der Waals surface area (Å²) in [7, 11) is 0. The summed E-state index contributed by atoms with van der Waals surface area (Å²) in [5.41, 5.74) is 1.18. The van der Waals surface area contributed by atoms with E-state index in [2.05, 4.69) is 31.2 Å². The number of aryl methyl sites for hydroxylation is 2. The quantitative estimate of drug-likeness (QED) is 0.865. The van der Waals surface area contributed by atoms with Gasteiger partial charge in [0, 0.05) is 6.92 Å². The van der Waals surface area contributed by atoms with Crippen LogP contribution in [-0.4, -0.2) is 15.9 Å². The van der Waals surface area contributed by atoms with Gasteiger partial charge in [0.05, 0.1) is 17.6 Å². The summed E-state index contributed by atoms with van der Waals surface area (Å²) in [6.45, 7) is 3.43. The van der Waals surface area contributed by atoms with Crippen LogP contribution in [0.4, 0.5) is 5.69 Å². The number of amides is 1. The molecule has 0 saturated carbocycles. The molecule has 1 amide bonds. The molecule has 2 aromatic rings. The van der Waals surface area contributed by atoms with E-state index in [9.17, 15) is 4.79 Å². The van der Waals surface area contributed by atoms with Crippen LogP contribution in [0.1, 0.15) is 22.1 Å². The molecule has 0 atom stereocenters. The molecule has 0 saturated heterocycles. The second-order valence-corrected chi connectivity index (χ2v) is 4.28. The molecule has 0 fully saturated rings. The third-order valence-corrected chi connectivity index (χ3v) is 2.56. The highest BCUT2D eigenvalue weighted by Gasteiger charge is 2.15. The van der Waals surface area contributed by atoms with Gasteiger partial charge < -0.3 is 9.73 Å². The van der Waals surface area contributed by atoms with Crippen molar-refractivity contribution in [1.29, 1.82) is 0 Å². The summed E-state index contributed by atoms with van der Waals surface area (Å²) in [5, 5.41) is 2.68. The minimum Gasteiger partial charge on any atom is -0.436 e. The highest BCUT2D eigenvalue weighted by atomic mass is 79.9. The van der Waals surface area contributed by atoms with Gasteiger partial charge in [-0.05, 0) is 35.0 Å². The van der Waals surface area contributed by atoms with Gasteiger partial charge >= 0.3 is 0 Å². The van der Waals surface area contributed by atoms with Gasteiger partial charge in [0.15, 0.2) is 5.89 Å². The summed E-state index contributed by atoms with van der Waals surface area (Å²) in [6.07, 6.45) is 1.56. The van der Waals surface area contributed by atoms with Crippen LogP contribution in [0, 0.1) is 13.8 Å². The van der Waals surface area contributed by atoms with Crippen molar-refractivity contribution in [2.45, 2.75) is 13.8 Å². The summed E-state index contributed by atoms with van der Waals surface area (Å²) in [5.74, 6) is 0.374. The molecule has 0 aliphatic heterocycles. The molecule has 5 nitrogen and oxygen atoms in total. The molecule has 2 aromatic heterocycles. The van der Waals surface area contributed by atoms with Crippen molar-refractivity contribution < 1.29 is 9.21 Å². The number of halogens is 1. The minimum absolute atomic E-state index is 0.227. The Bertz CT molecular complexity index is 548. The molecule has 0 bridgehead atoms. The zero-order valence-corrected chi connectivity index (χ0v) is 10.9. The molecule has 88 valence electrons. The average molecular weight is 296 g/mol. The number of anilines is 1. The van der Waals surface area contributed by atoms with Gasteiger partial charge in [-0.25, -0.2) is 9.97 Å². The number of oxazole rings is 1. The second-order valence-electron chi connectivity index (χ2n) is 3.47. The Morgan fingerprint density at radius 3 is 2.71 bits per heavy atom. The predicted molar refractivity (Wildman–Crippen MR) is 65.9 cm³/mol. The molecule has 2 heterocycles. The lowest BCUT2D eigenvalue weighted by atomic mass is 10.3. The highest BCUT2D eigenvalue weighted by molar-refractivity contribution is 9.10. The lowest BCUT2D eigenvalue weighted by Crippen LogP contribution is -2.12. The summed E-state index contributed by atoms with van der Waals surface area (Å²) < 4.78 is 5.93. The van der Waals surface area contributed by atoms with Crippen LogP contribution in [-0.2, 0) is 0 Å². The van der Waals surface area contributed by atoms with E-state index < -0.39 is 0 Å². The smallest absolute Gasteiger partial charge is 0.293 e. The monoisotopic (exact) mass is 295 g/mol. The van der Waals surface area contributed by atoms with Crippen molar-refractivity contribution in [3.05, 3.63) is 40.3 Å². The Kier molecular flexibility index (Phi) is 3.23. The number of pyridine rings is 1. The first-order chi connectivity index (χ1) is 8.06. The number of nitrogens with one attached hydrogen (secondary N) is 1. The lowest BCUT2D eigenvalue weighted by Gasteiger charge is -2.02. The summed E-state index contributed by atoms with van der Waals surface area (Å²) in [6, 6.07) is 3.49. The third kappa shape index (κ3) is 2.71. The lowest BCUT2D eigenvalue weighted by molar-refractivity contribution is 0.0994. The van der Waals surface area contributed by atoms with Crippen molar-refractivity contribution >= 4 is 27.5 Å². The Morgan fingerprint density at radius 2 is 2.18 bits per heavy atom.